The summed E-state index contributed by atoms with van der Waals surface area (Å²) in [5.41, 5.74) is 0. The molecule has 1 heterocycles. The Morgan fingerprint density at radius 1 is 1.25 bits per heavy atom. The molecule has 1 saturated carbocycles. The van der Waals surface area contributed by atoms with Gasteiger partial charge in [-0.15, -0.1) is 0 Å². The quantitative estimate of drug-likeness (QED) is 0.805. The molecule has 116 valence electrons. The van der Waals surface area contributed by atoms with Crippen molar-refractivity contribution in [2.24, 2.45) is 5.92 Å². The molecule has 0 aromatic heterocycles. The Balaban J connectivity index is 2.02. The summed E-state index contributed by atoms with van der Waals surface area (Å²) in [6.07, 6.45) is 11.3. The largest absolute Gasteiger partial charge is 0.323 e. The van der Waals surface area contributed by atoms with E-state index < -0.39 is 0 Å². The van der Waals surface area contributed by atoms with Crippen LogP contribution in [0.3, 0.4) is 0 Å². The highest BCUT2D eigenvalue weighted by Crippen LogP contribution is 2.33. The molecule has 1 aliphatic heterocycles. The second-order valence-electron chi connectivity index (χ2n) is 6.66. The first-order valence-electron chi connectivity index (χ1n) is 8.77. The zero-order valence-electron chi connectivity index (χ0n) is 13.5. The predicted octanol–water partition coefficient (Wildman–Crippen LogP) is 3.68. The van der Waals surface area contributed by atoms with Crippen LogP contribution in [0.25, 0.3) is 0 Å². The van der Waals surface area contributed by atoms with E-state index in [1.165, 1.54) is 38.5 Å². The number of nitrogens with one attached hydrogen (secondary N) is 1. The Morgan fingerprint density at radius 2 is 1.95 bits per heavy atom. The molecule has 0 aromatic carbocycles. The molecule has 3 nitrogen and oxygen atoms in total. The average molecular weight is 280 g/mol. The summed E-state index contributed by atoms with van der Waals surface area (Å²) in [6.45, 7) is 6.60. The van der Waals surface area contributed by atoms with Crippen molar-refractivity contribution in [2.45, 2.75) is 96.8 Å². The van der Waals surface area contributed by atoms with Crippen LogP contribution in [-0.2, 0) is 4.79 Å². The molecule has 0 bridgehead atoms. The van der Waals surface area contributed by atoms with Gasteiger partial charge in [0.15, 0.2) is 0 Å². The Hall–Kier alpha value is -0.570. The molecule has 3 heteroatoms. The standard InChI is InChI=1S/C17H32N2O/c1-4-6-12-15-17(20)19(13(3)18-15)16(5-2)14-10-8-7-9-11-14/h13-16,18H,4-12H2,1-3H3. The van der Waals surface area contributed by atoms with Crippen molar-refractivity contribution in [1.29, 1.82) is 0 Å². The van der Waals surface area contributed by atoms with Gasteiger partial charge in [0.2, 0.25) is 5.91 Å². The minimum absolute atomic E-state index is 0.0718. The summed E-state index contributed by atoms with van der Waals surface area (Å²) < 4.78 is 0. The summed E-state index contributed by atoms with van der Waals surface area (Å²) in [5.74, 6) is 1.09. The lowest BCUT2D eigenvalue weighted by Crippen LogP contribution is -2.47. The van der Waals surface area contributed by atoms with Crippen LogP contribution in [0.2, 0.25) is 0 Å². The summed E-state index contributed by atoms with van der Waals surface area (Å²) in [4.78, 5) is 14.9. The van der Waals surface area contributed by atoms with Crippen LogP contribution in [0.5, 0.6) is 0 Å². The minimum Gasteiger partial charge on any atom is -0.323 e. The van der Waals surface area contributed by atoms with Gasteiger partial charge in [0.1, 0.15) is 0 Å². The number of carbonyl (C=O) groups is 1. The third kappa shape index (κ3) is 3.36. The fourth-order valence-electron chi connectivity index (χ4n) is 4.16. The second-order valence-corrected chi connectivity index (χ2v) is 6.66. The molecule has 2 fully saturated rings. The zero-order chi connectivity index (χ0) is 14.5. The lowest BCUT2D eigenvalue weighted by Gasteiger charge is -2.38. The molecule has 2 rings (SSSR count). The highest BCUT2D eigenvalue weighted by atomic mass is 16.2. The second kappa shape index (κ2) is 7.44. The lowest BCUT2D eigenvalue weighted by atomic mass is 9.82. The van der Waals surface area contributed by atoms with E-state index in [2.05, 4.69) is 31.0 Å². The van der Waals surface area contributed by atoms with E-state index in [4.69, 9.17) is 0 Å². The molecule has 3 atom stereocenters. The third-order valence-electron chi connectivity index (χ3n) is 5.23. The van der Waals surface area contributed by atoms with Gasteiger partial charge < -0.3 is 4.90 Å². The van der Waals surface area contributed by atoms with Gasteiger partial charge in [0, 0.05) is 6.04 Å². The number of nitrogens with zero attached hydrogens (tertiary/aromatic N) is 1. The number of amides is 1. The van der Waals surface area contributed by atoms with Crippen LogP contribution in [0.15, 0.2) is 0 Å². The van der Waals surface area contributed by atoms with Crippen molar-refractivity contribution < 1.29 is 4.79 Å². The van der Waals surface area contributed by atoms with Crippen LogP contribution >= 0.6 is 0 Å². The monoisotopic (exact) mass is 280 g/mol. The van der Waals surface area contributed by atoms with Gasteiger partial charge in [-0.05, 0) is 38.5 Å². The number of hydrogen-bond donors (Lipinski definition) is 1. The maximum absolute atomic E-state index is 12.7. The summed E-state index contributed by atoms with van der Waals surface area (Å²) in [7, 11) is 0. The Labute approximate surface area is 124 Å². The van der Waals surface area contributed by atoms with Crippen LogP contribution in [0.1, 0.15) is 78.6 Å². The summed E-state index contributed by atoms with van der Waals surface area (Å²) in [6, 6.07) is 0.527. The van der Waals surface area contributed by atoms with Gasteiger partial charge in [-0.1, -0.05) is 46.0 Å². The Bertz CT molecular complexity index is 312. The normalized spacial score (nSPS) is 29.9. The third-order valence-corrected chi connectivity index (χ3v) is 5.23. The van der Waals surface area contributed by atoms with Gasteiger partial charge in [-0.2, -0.15) is 0 Å². The molecule has 0 aromatic rings. The number of rotatable bonds is 6. The predicted molar refractivity (Wildman–Crippen MR) is 83.4 cm³/mol. The molecule has 1 N–H and O–H groups in total. The molecule has 1 saturated heterocycles. The highest BCUT2D eigenvalue weighted by Gasteiger charge is 2.41. The van der Waals surface area contributed by atoms with E-state index in [1.807, 2.05) is 0 Å². The first-order valence-corrected chi connectivity index (χ1v) is 8.77. The molecular weight excluding hydrogens is 248 g/mol. The van der Waals surface area contributed by atoms with Crippen LogP contribution in [0.4, 0.5) is 0 Å². The topological polar surface area (TPSA) is 32.3 Å². The van der Waals surface area contributed by atoms with Gasteiger partial charge in [0.25, 0.3) is 0 Å². The van der Waals surface area contributed by atoms with Gasteiger partial charge >= 0.3 is 0 Å². The van der Waals surface area contributed by atoms with E-state index in [1.54, 1.807) is 0 Å². The van der Waals surface area contributed by atoms with Crippen molar-refractivity contribution in [3.05, 3.63) is 0 Å². The number of hydrogen-bond acceptors (Lipinski definition) is 2. The maximum atomic E-state index is 12.7. The molecule has 1 amide bonds. The maximum Gasteiger partial charge on any atom is 0.241 e. The van der Waals surface area contributed by atoms with Gasteiger partial charge in [-0.25, -0.2) is 0 Å². The van der Waals surface area contributed by atoms with Crippen LogP contribution < -0.4 is 5.32 Å². The van der Waals surface area contributed by atoms with Crippen LogP contribution in [-0.4, -0.2) is 29.1 Å². The van der Waals surface area contributed by atoms with Crippen molar-refractivity contribution in [3.63, 3.8) is 0 Å². The zero-order valence-corrected chi connectivity index (χ0v) is 13.5. The summed E-state index contributed by atoms with van der Waals surface area (Å²) >= 11 is 0. The van der Waals surface area contributed by atoms with Gasteiger partial charge in [-0.3, -0.25) is 10.1 Å². The molecule has 20 heavy (non-hydrogen) atoms. The van der Waals surface area contributed by atoms with Crippen molar-refractivity contribution in [2.75, 3.05) is 0 Å². The molecule has 3 unspecified atom stereocenters. The fourth-order valence-corrected chi connectivity index (χ4v) is 4.16. The average Bonchev–Trinajstić information content (AvgIpc) is 2.75. The van der Waals surface area contributed by atoms with Crippen molar-refractivity contribution >= 4 is 5.91 Å². The highest BCUT2D eigenvalue weighted by molar-refractivity contribution is 5.84. The van der Waals surface area contributed by atoms with E-state index >= 15 is 0 Å². The van der Waals surface area contributed by atoms with Crippen molar-refractivity contribution in [1.82, 2.24) is 10.2 Å². The lowest BCUT2D eigenvalue weighted by molar-refractivity contribution is -0.133. The number of unbranched alkanes of at least 4 members (excludes halogenated alkanes) is 1. The van der Waals surface area contributed by atoms with E-state index in [-0.39, 0.29) is 12.2 Å². The number of carbonyl (C=O) groups excluding carboxylic acids is 1. The molecule has 1 aliphatic carbocycles. The first-order chi connectivity index (χ1) is 9.69. The Morgan fingerprint density at radius 3 is 2.55 bits per heavy atom. The summed E-state index contributed by atoms with van der Waals surface area (Å²) in [5, 5.41) is 3.52. The molecule has 2 aliphatic rings. The van der Waals surface area contributed by atoms with Gasteiger partial charge in [0.05, 0.1) is 12.2 Å². The van der Waals surface area contributed by atoms with E-state index in [0.717, 1.165) is 25.2 Å². The Kier molecular flexibility index (Phi) is 5.88. The smallest absolute Gasteiger partial charge is 0.241 e. The first kappa shape index (κ1) is 15.8. The van der Waals surface area contributed by atoms with E-state index in [0.29, 0.717) is 11.9 Å². The fraction of sp³-hybridized carbons (Fsp3) is 0.941. The minimum atomic E-state index is 0.0718. The van der Waals surface area contributed by atoms with Crippen molar-refractivity contribution in [3.8, 4) is 0 Å². The molecule has 0 spiro atoms. The van der Waals surface area contributed by atoms with E-state index in [9.17, 15) is 4.79 Å². The SMILES string of the molecule is CCCCC1NC(C)N(C(CC)C2CCCCC2)C1=O. The van der Waals surface area contributed by atoms with Crippen LogP contribution in [0, 0.1) is 5.92 Å². The molecular formula is C17H32N2O. The molecule has 0 radical (unpaired) electrons.